The van der Waals surface area contributed by atoms with Crippen molar-refractivity contribution >= 4 is 47.9 Å². The lowest BCUT2D eigenvalue weighted by Crippen LogP contribution is -3.62. The smallest absolute Gasteiger partial charge is 0.358 e. The van der Waals surface area contributed by atoms with Crippen LogP contribution in [-0.4, -0.2) is 0 Å². The molecule has 0 fully saturated rings. The summed E-state index contributed by atoms with van der Waals surface area (Å²) in [6.45, 7) is 26.4. The quantitative estimate of drug-likeness (QED) is 0.0897. The zero-order valence-corrected chi connectivity index (χ0v) is 84.4. The van der Waals surface area contributed by atoms with Gasteiger partial charge in [-0.1, -0.05) is 218 Å². The third kappa shape index (κ3) is 62.4. The Kier molecular flexibility index (Phi) is 56.0. The van der Waals surface area contributed by atoms with Crippen LogP contribution in [0.5, 0.6) is 0 Å². The Morgan fingerprint density at radius 1 is 0.150 bits per heavy atom. The van der Waals surface area contributed by atoms with Gasteiger partial charge in [-0.15, -0.1) is 0 Å². The first kappa shape index (κ1) is 113. The fourth-order valence-corrected chi connectivity index (χ4v) is 24.2. The number of hydrogen-bond donors (Lipinski definition) is 0. The molecule has 0 atom stereocenters. The number of hydrogen-bond acceptors (Lipinski definition) is 12. The molecule has 0 aliphatic rings. The Balaban J connectivity index is 0.000000674. The second kappa shape index (κ2) is 59.3. The fourth-order valence-electron chi connectivity index (χ4n) is 8.54. The lowest BCUT2D eigenvalue weighted by atomic mass is 10.2. The zero-order valence-electron chi connectivity index (χ0n) is 66.1. The molecule has 0 amide bonds. The van der Waals surface area contributed by atoms with Crippen molar-refractivity contribution in [3.63, 3.8) is 0 Å². The molecule has 0 bridgehead atoms. The van der Waals surface area contributed by atoms with E-state index in [0.29, 0.717) is 0 Å². The summed E-state index contributed by atoms with van der Waals surface area (Å²) >= 11 is -0.0884. The molecule has 0 aliphatic carbocycles. The summed E-state index contributed by atoms with van der Waals surface area (Å²) in [5, 5.41) is 0. The summed E-state index contributed by atoms with van der Waals surface area (Å²) in [6, 6.07) is 105. The van der Waals surface area contributed by atoms with Gasteiger partial charge >= 0.3 is 175 Å². The fraction of sp³-hybridized carbons (Fsp3) is 0.143. The van der Waals surface area contributed by atoms with Crippen LogP contribution >= 0.6 is 47.9 Å². The number of halogens is 18. The molecule has 0 radical (unpaired) electrons. The summed E-state index contributed by atoms with van der Waals surface area (Å²) in [6.07, 6.45) is 0. The van der Waals surface area contributed by atoms with Crippen molar-refractivity contribution < 1.29 is 234 Å². The molecule has 648 valence electrons. The molecule has 36 heteroatoms. The van der Waals surface area contributed by atoms with Gasteiger partial charge in [0.25, 0.3) is 0 Å². The highest BCUT2D eigenvalue weighted by Crippen LogP contribution is 2.40. The molecule has 12 aromatic rings. The topological polar surface area (TPSA) is 241 Å². The first-order chi connectivity index (χ1) is 55.6. The van der Waals surface area contributed by atoms with Crippen molar-refractivity contribution in [3.8, 4) is 0 Å². The van der Waals surface area contributed by atoms with Crippen LogP contribution < -0.4 is 157 Å². The summed E-state index contributed by atoms with van der Waals surface area (Å²) in [5.74, 6) is 0. The van der Waals surface area contributed by atoms with Crippen LogP contribution in [0.25, 0.3) is 0 Å². The minimum absolute atomic E-state index is 0.0147. The predicted octanol–water partition coefficient (Wildman–Crippen LogP) is 4.95. The van der Waals surface area contributed by atoms with Crippen LogP contribution in [0.2, 0.25) is 0 Å². The highest BCUT2D eigenvalue weighted by atomic mass is 127. The molecule has 12 rings (SSSR count). The Bertz CT molecular complexity index is 4220. The summed E-state index contributed by atoms with van der Waals surface area (Å²) in [7, 11) is -35.3. The lowest BCUT2D eigenvalue weighted by molar-refractivity contribution is -0.599. The molecule has 0 saturated carbocycles. The molecular formula is C84H84F12I6O12P6. The summed E-state index contributed by atoms with van der Waals surface area (Å²) < 4.78 is 189. The van der Waals surface area contributed by atoms with E-state index in [0.717, 1.165) is 0 Å². The van der Waals surface area contributed by atoms with Crippen LogP contribution in [-0.2, 0) is 27.4 Å². The van der Waals surface area contributed by atoms with Gasteiger partial charge in [0, 0.05) is 66.8 Å². The van der Waals surface area contributed by atoms with Crippen LogP contribution in [0.3, 0.4) is 0 Å². The van der Waals surface area contributed by atoms with Crippen LogP contribution in [0.4, 0.5) is 50.4 Å². The van der Waals surface area contributed by atoms with Crippen LogP contribution in [0.1, 0.15) is 66.8 Å². The SMILES string of the molecule is Cc1ccccc1[I+]c1ccccc1C.Cc1ccccc1[I+]c1ccccc1C.Cc1ccccc1[I+]c1ccccc1C.Cc1ccccc1[I+]c1ccccc1C.Cc1ccccc1[I+]c1ccccc1C.Cc1ccccc1[I+]c1ccccc1C.O=P([O-])(F)F.O=P([O-])(F)F.O=P([O-])(F)F.O=P([O-])(F)F.O=P([O-])(F)F.O=P([O-])(F)F. The van der Waals surface area contributed by atoms with Gasteiger partial charge in [0.2, 0.25) is 0 Å². The Morgan fingerprint density at radius 3 is 0.250 bits per heavy atom. The Hall–Kier alpha value is -4.68. The average Bonchev–Trinajstić information content (AvgIpc) is 0.891. The normalized spacial score (nSPS) is 10.7. The zero-order chi connectivity index (χ0) is 91.0. The van der Waals surface area contributed by atoms with Crippen molar-refractivity contribution in [2.24, 2.45) is 0 Å². The number of rotatable bonds is 12. The minimum atomic E-state index is -5.89. The second-order valence-electron chi connectivity index (χ2n) is 24.0. The van der Waals surface area contributed by atoms with Gasteiger partial charge in [-0.2, -0.15) is 50.4 Å². The van der Waals surface area contributed by atoms with Crippen LogP contribution in [0.15, 0.2) is 291 Å². The van der Waals surface area contributed by atoms with E-state index in [4.69, 9.17) is 56.8 Å². The lowest BCUT2D eigenvalue weighted by Gasteiger charge is -1.94. The first-order valence-electron chi connectivity index (χ1n) is 34.4. The molecule has 12 aromatic carbocycles. The standard InChI is InChI=1S/6C14H14I.6F2HO2P/c6*1-11-7-3-5-9-13(11)15-14-10-6-4-8-12(14)2;6*1-5(2,3)4/h6*3-10H,1-2H3;6*(H,3,4)/q6*+1;;;;;;/p-6. The maximum absolute atomic E-state index is 10.0. The Labute approximate surface area is 757 Å². The molecule has 0 spiro atoms. The van der Waals surface area contributed by atoms with E-state index in [1.54, 1.807) is 0 Å². The van der Waals surface area contributed by atoms with Gasteiger partial charge in [-0.25, -0.2) is 0 Å². The monoisotopic (exact) mass is 2460 g/mol. The summed E-state index contributed by atoms with van der Waals surface area (Å²) in [5.41, 5.74) is 17.1. The molecule has 0 aliphatic heterocycles. The van der Waals surface area contributed by atoms with E-state index in [9.17, 15) is 50.4 Å². The highest BCUT2D eigenvalue weighted by molar-refractivity contribution is 7.46. The van der Waals surface area contributed by atoms with Crippen molar-refractivity contribution in [2.75, 3.05) is 0 Å². The third-order valence-electron chi connectivity index (χ3n) is 14.1. The molecule has 0 unspecified atom stereocenters. The Morgan fingerprint density at radius 2 is 0.200 bits per heavy atom. The average molecular weight is 2460 g/mol. The van der Waals surface area contributed by atoms with E-state index in [1.807, 2.05) is 0 Å². The number of aryl methyl sites for hydroxylation is 12. The maximum Gasteiger partial charge on any atom is 0.358 e. The largest absolute Gasteiger partial charge is 0.749 e. The van der Waals surface area contributed by atoms with E-state index >= 15 is 0 Å². The number of benzene rings is 12. The van der Waals surface area contributed by atoms with Gasteiger partial charge in [0.1, 0.15) is 0 Å². The van der Waals surface area contributed by atoms with E-state index < -0.39 is 47.9 Å². The van der Waals surface area contributed by atoms with Crippen LogP contribution in [0, 0.1) is 126 Å². The van der Waals surface area contributed by atoms with Gasteiger partial charge in [-0.05, 0) is 156 Å². The molecule has 0 heterocycles. The van der Waals surface area contributed by atoms with Gasteiger partial charge < -0.3 is 29.4 Å². The molecule has 120 heavy (non-hydrogen) atoms. The van der Waals surface area contributed by atoms with Crippen molar-refractivity contribution in [3.05, 3.63) is 401 Å². The van der Waals surface area contributed by atoms with Gasteiger partial charge in [0.15, 0.2) is 42.8 Å². The maximum atomic E-state index is 10.0. The van der Waals surface area contributed by atoms with E-state index in [-0.39, 0.29) is 127 Å². The second-order valence-corrected chi connectivity index (χ2v) is 46.2. The summed E-state index contributed by atoms with van der Waals surface area (Å²) in [4.78, 5) is 50.0. The van der Waals surface area contributed by atoms with Crippen molar-refractivity contribution in [2.45, 2.75) is 83.1 Å². The van der Waals surface area contributed by atoms with E-state index in [2.05, 4.69) is 374 Å². The van der Waals surface area contributed by atoms with Crippen molar-refractivity contribution in [1.82, 2.24) is 0 Å². The predicted molar refractivity (Wildman–Crippen MR) is 417 cm³/mol. The minimum Gasteiger partial charge on any atom is -0.749 e. The highest BCUT2D eigenvalue weighted by Gasteiger charge is 2.25. The van der Waals surface area contributed by atoms with Gasteiger partial charge in [0.05, 0.1) is 0 Å². The first-order valence-corrected chi connectivity index (χ1v) is 55.8. The third-order valence-corrected chi connectivity index (χ3v) is 35.6. The molecule has 12 nitrogen and oxygen atoms in total. The molecular weight excluding hydrogens is 2380 g/mol. The van der Waals surface area contributed by atoms with Gasteiger partial charge in [-0.3, -0.25) is 27.4 Å². The van der Waals surface area contributed by atoms with E-state index in [1.165, 1.54) is 110 Å². The molecule has 0 saturated heterocycles. The molecule has 0 aromatic heterocycles. The molecule has 0 N–H and O–H groups in total. The van der Waals surface area contributed by atoms with Crippen molar-refractivity contribution in [1.29, 1.82) is 0 Å².